The summed E-state index contributed by atoms with van der Waals surface area (Å²) in [7, 11) is 0. The summed E-state index contributed by atoms with van der Waals surface area (Å²) in [6.45, 7) is 1.50. The molecule has 4 aromatic rings. The molecule has 0 aliphatic carbocycles. The molecule has 0 unspecified atom stereocenters. The molecule has 32 heavy (non-hydrogen) atoms. The molecule has 4 rings (SSSR count). The molecule has 0 saturated carbocycles. The van der Waals surface area contributed by atoms with Gasteiger partial charge in [0.15, 0.2) is 5.78 Å². The van der Waals surface area contributed by atoms with Crippen LogP contribution in [0.1, 0.15) is 22.8 Å². The predicted octanol–water partition coefficient (Wildman–Crippen LogP) is 6.05. The van der Waals surface area contributed by atoms with Gasteiger partial charge >= 0.3 is 0 Å². The Morgan fingerprint density at radius 2 is 1.62 bits per heavy atom. The van der Waals surface area contributed by atoms with Crippen molar-refractivity contribution in [2.75, 3.05) is 5.32 Å². The maximum atomic E-state index is 12.5. The van der Waals surface area contributed by atoms with Gasteiger partial charge < -0.3 is 5.32 Å². The monoisotopic (exact) mass is 441 g/mol. The van der Waals surface area contributed by atoms with Crippen LogP contribution in [0, 0.1) is 0 Å². The summed E-state index contributed by atoms with van der Waals surface area (Å²) in [5.74, 6) is -0.303. The minimum atomic E-state index is -0.282. The Hall–Kier alpha value is -3.96. The highest BCUT2D eigenvalue weighted by Crippen LogP contribution is 2.26. The molecule has 0 fully saturated rings. The fourth-order valence-electron chi connectivity index (χ4n) is 3.19. The fourth-order valence-corrected chi connectivity index (χ4v) is 3.32. The van der Waals surface area contributed by atoms with Crippen molar-refractivity contribution in [2.45, 2.75) is 6.92 Å². The smallest absolute Gasteiger partial charge is 0.248 e. The lowest BCUT2D eigenvalue weighted by Gasteiger charge is -2.03. The van der Waals surface area contributed by atoms with E-state index in [0.717, 1.165) is 22.5 Å². The zero-order valence-electron chi connectivity index (χ0n) is 17.3. The zero-order chi connectivity index (χ0) is 22.5. The van der Waals surface area contributed by atoms with Crippen LogP contribution >= 0.6 is 11.6 Å². The molecular formula is C26H20ClN3O2. The first-order valence-electron chi connectivity index (χ1n) is 10.0. The van der Waals surface area contributed by atoms with Crippen molar-refractivity contribution < 1.29 is 9.59 Å². The molecule has 3 aromatic carbocycles. The van der Waals surface area contributed by atoms with E-state index in [1.165, 1.54) is 13.0 Å². The second-order valence-corrected chi connectivity index (χ2v) is 7.61. The topological polar surface area (TPSA) is 64.0 Å². The summed E-state index contributed by atoms with van der Waals surface area (Å²) < 4.78 is 1.78. The highest BCUT2D eigenvalue weighted by Gasteiger charge is 2.11. The number of carbonyl (C=O) groups is 2. The number of Topliss-reactive ketones (excluding diaryl/α,β-unsaturated/α-hetero) is 1. The molecule has 0 aliphatic heterocycles. The maximum Gasteiger partial charge on any atom is 0.248 e. The number of amides is 1. The number of rotatable bonds is 6. The number of carbonyl (C=O) groups excluding carboxylic acids is 2. The SMILES string of the molecule is CC(=O)c1ccc(NC(=O)C=Cc2cn(-c3ccccc3)nc2-c2ccc(Cl)cc2)cc1. The van der Waals surface area contributed by atoms with E-state index < -0.39 is 0 Å². The van der Waals surface area contributed by atoms with Crippen LogP contribution in [-0.4, -0.2) is 21.5 Å². The second kappa shape index (κ2) is 9.45. The molecule has 1 N–H and O–H groups in total. The van der Waals surface area contributed by atoms with Gasteiger partial charge in [0, 0.05) is 39.7 Å². The molecule has 0 aliphatic rings. The van der Waals surface area contributed by atoms with E-state index in [9.17, 15) is 9.59 Å². The highest BCUT2D eigenvalue weighted by atomic mass is 35.5. The number of anilines is 1. The minimum Gasteiger partial charge on any atom is -0.323 e. The van der Waals surface area contributed by atoms with Crippen molar-refractivity contribution in [3.05, 3.63) is 107 Å². The average molecular weight is 442 g/mol. The predicted molar refractivity (Wildman–Crippen MR) is 128 cm³/mol. The molecule has 0 radical (unpaired) electrons. The summed E-state index contributed by atoms with van der Waals surface area (Å²) >= 11 is 6.04. The first-order chi connectivity index (χ1) is 15.5. The van der Waals surface area contributed by atoms with Gasteiger partial charge in [-0.05, 0) is 61.5 Å². The Morgan fingerprint density at radius 1 is 0.938 bits per heavy atom. The van der Waals surface area contributed by atoms with Gasteiger partial charge in [-0.1, -0.05) is 41.9 Å². The van der Waals surface area contributed by atoms with Crippen LogP contribution in [0.2, 0.25) is 5.02 Å². The average Bonchev–Trinajstić information content (AvgIpc) is 3.23. The molecule has 1 amide bonds. The lowest BCUT2D eigenvalue weighted by atomic mass is 10.1. The molecule has 0 saturated heterocycles. The van der Waals surface area contributed by atoms with Gasteiger partial charge in [0.05, 0.1) is 11.4 Å². The van der Waals surface area contributed by atoms with Crippen LogP contribution in [0.25, 0.3) is 23.0 Å². The lowest BCUT2D eigenvalue weighted by Crippen LogP contribution is -2.07. The first-order valence-corrected chi connectivity index (χ1v) is 10.4. The van der Waals surface area contributed by atoms with Crippen LogP contribution in [0.4, 0.5) is 5.69 Å². The Labute approximate surface area is 191 Å². The number of aromatic nitrogens is 2. The molecule has 5 nitrogen and oxygen atoms in total. The number of nitrogens with one attached hydrogen (secondary N) is 1. The molecule has 0 spiro atoms. The third kappa shape index (κ3) is 5.02. The molecular weight excluding hydrogens is 422 g/mol. The van der Waals surface area contributed by atoms with Gasteiger partial charge in [-0.2, -0.15) is 5.10 Å². The van der Waals surface area contributed by atoms with E-state index in [-0.39, 0.29) is 11.7 Å². The van der Waals surface area contributed by atoms with Crippen LogP contribution in [0.3, 0.4) is 0 Å². The maximum absolute atomic E-state index is 12.5. The van der Waals surface area contributed by atoms with Crippen LogP contribution in [-0.2, 0) is 4.79 Å². The molecule has 0 bridgehead atoms. The number of ketones is 1. The summed E-state index contributed by atoms with van der Waals surface area (Å²) in [6.07, 6.45) is 5.07. The van der Waals surface area contributed by atoms with E-state index in [1.54, 1.807) is 35.0 Å². The van der Waals surface area contributed by atoms with Crippen molar-refractivity contribution in [3.8, 4) is 16.9 Å². The van der Waals surface area contributed by atoms with Crippen molar-refractivity contribution in [3.63, 3.8) is 0 Å². The van der Waals surface area contributed by atoms with Gasteiger partial charge in [0.1, 0.15) is 0 Å². The summed E-state index contributed by atoms with van der Waals surface area (Å²) in [5, 5.41) is 8.17. The fraction of sp³-hybridized carbons (Fsp3) is 0.0385. The van der Waals surface area contributed by atoms with Gasteiger partial charge in [-0.25, -0.2) is 4.68 Å². The molecule has 1 heterocycles. The summed E-state index contributed by atoms with van der Waals surface area (Å²) in [6, 6.07) is 23.9. The molecule has 0 atom stereocenters. The number of hydrogen-bond acceptors (Lipinski definition) is 3. The van der Waals surface area contributed by atoms with Crippen molar-refractivity contribution in [1.82, 2.24) is 9.78 Å². The van der Waals surface area contributed by atoms with Crippen molar-refractivity contribution in [2.24, 2.45) is 0 Å². The van der Waals surface area contributed by atoms with Crippen LogP contribution in [0.15, 0.2) is 91.1 Å². The van der Waals surface area contributed by atoms with Crippen molar-refractivity contribution >= 4 is 35.1 Å². The largest absolute Gasteiger partial charge is 0.323 e. The molecule has 1 aromatic heterocycles. The van der Waals surface area contributed by atoms with E-state index in [2.05, 4.69) is 5.32 Å². The first kappa shape index (κ1) is 21.3. The number of para-hydroxylation sites is 1. The third-order valence-electron chi connectivity index (χ3n) is 4.85. The summed E-state index contributed by atoms with van der Waals surface area (Å²) in [5.41, 5.74) is 4.54. The Bertz CT molecular complexity index is 1280. The zero-order valence-corrected chi connectivity index (χ0v) is 18.1. The molecule has 6 heteroatoms. The van der Waals surface area contributed by atoms with Crippen molar-refractivity contribution in [1.29, 1.82) is 0 Å². The number of nitrogens with zero attached hydrogens (tertiary/aromatic N) is 2. The van der Waals surface area contributed by atoms with Gasteiger partial charge in [-0.3, -0.25) is 9.59 Å². The van der Waals surface area contributed by atoms with Crippen LogP contribution < -0.4 is 5.32 Å². The van der Waals surface area contributed by atoms with Crippen LogP contribution in [0.5, 0.6) is 0 Å². The lowest BCUT2D eigenvalue weighted by molar-refractivity contribution is -0.111. The summed E-state index contributed by atoms with van der Waals surface area (Å²) in [4.78, 5) is 23.9. The van der Waals surface area contributed by atoms with Gasteiger partial charge in [0.2, 0.25) is 5.91 Å². The Balaban J connectivity index is 1.60. The minimum absolute atomic E-state index is 0.0204. The highest BCUT2D eigenvalue weighted by molar-refractivity contribution is 6.30. The normalized spacial score (nSPS) is 10.9. The number of benzene rings is 3. The van der Waals surface area contributed by atoms with E-state index in [1.807, 2.05) is 60.8 Å². The second-order valence-electron chi connectivity index (χ2n) is 7.18. The van der Waals surface area contributed by atoms with E-state index in [0.29, 0.717) is 16.3 Å². The Morgan fingerprint density at radius 3 is 2.28 bits per heavy atom. The molecule has 158 valence electrons. The Kier molecular flexibility index (Phi) is 6.29. The van der Waals surface area contributed by atoms with E-state index in [4.69, 9.17) is 16.7 Å². The number of halogens is 1. The standard InChI is InChI=1S/C26H20ClN3O2/c1-18(31)19-9-14-23(15-10-19)28-25(32)16-11-21-17-30(24-5-3-2-4-6-24)29-26(21)20-7-12-22(27)13-8-20/h2-17H,1H3,(H,28,32). The number of hydrogen-bond donors (Lipinski definition) is 1. The van der Waals surface area contributed by atoms with E-state index >= 15 is 0 Å². The van der Waals surface area contributed by atoms with Gasteiger partial charge in [-0.15, -0.1) is 0 Å². The third-order valence-corrected chi connectivity index (χ3v) is 5.11. The quantitative estimate of drug-likeness (QED) is 0.292. The van der Waals surface area contributed by atoms with Gasteiger partial charge in [0.25, 0.3) is 0 Å².